The lowest BCUT2D eigenvalue weighted by atomic mass is 10.1. The molecule has 0 radical (unpaired) electrons. The van der Waals surface area contributed by atoms with Gasteiger partial charge >= 0.3 is 0 Å². The second-order valence-corrected chi connectivity index (χ2v) is 3.42. The summed E-state index contributed by atoms with van der Waals surface area (Å²) in [7, 11) is 0. The maximum atomic E-state index is 5.22. The van der Waals surface area contributed by atoms with E-state index < -0.39 is 0 Å². The Balaban J connectivity index is 2.01. The summed E-state index contributed by atoms with van der Waals surface area (Å²) in [5, 5.41) is 10.9. The third-order valence-corrected chi connectivity index (χ3v) is 2.38. The molecule has 0 aliphatic carbocycles. The molecule has 0 saturated carbocycles. The van der Waals surface area contributed by atoms with Crippen molar-refractivity contribution in [3.63, 3.8) is 0 Å². The molecule has 2 aromatic rings. The first-order chi connectivity index (χ1) is 7.34. The lowest BCUT2D eigenvalue weighted by molar-refractivity contribution is 0.414. The minimum atomic E-state index is 0.237. The van der Waals surface area contributed by atoms with Crippen molar-refractivity contribution in [2.45, 2.75) is 13.0 Å². The van der Waals surface area contributed by atoms with E-state index in [-0.39, 0.29) is 6.10 Å². The van der Waals surface area contributed by atoms with E-state index in [9.17, 15) is 0 Å². The van der Waals surface area contributed by atoms with Crippen LogP contribution in [-0.4, -0.2) is 31.8 Å². The fraction of sp³-hybridized carbons (Fsp3) is 0.333. The fourth-order valence-corrected chi connectivity index (χ4v) is 1.52. The summed E-state index contributed by atoms with van der Waals surface area (Å²) in [6.45, 7) is 2.76. The Hall–Kier alpha value is -1.82. The number of aryl methyl sites for hydroxylation is 1. The van der Waals surface area contributed by atoms with Crippen molar-refractivity contribution in [1.29, 1.82) is 0 Å². The number of rotatable bonds is 2. The highest BCUT2D eigenvalue weighted by Gasteiger charge is 2.26. The molecule has 0 aromatic carbocycles. The van der Waals surface area contributed by atoms with Gasteiger partial charge in [0, 0.05) is 11.3 Å². The molecule has 76 valence electrons. The van der Waals surface area contributed by atoms with E-state index in [1.165, 1.54) is 11.0 Å². The van der Waals surface area contributed by atoms with E-state index in [1.807, 2.05) is 19.1 Å². The first-order valence-corrected chi connectivity index (χ1v) is 4.67. The third kappa shape index (κ3) is 1.48. The molecule has 6 heteroatoms. The van der Waals surface area contributed by atoms with Crippen LogP contribution >= 0.6 is 0 Å². The summed E-state index contributed by atoms with van der Waals surface area (Å²) in [6, 6.07) is 3.90. The van der Waals surface area contributed by atoms with Crippen LogP contribution < -0.4 is 0 Å². The number of ether oxygens (including phenoxy) is 1. The molecule has 3 rings (SSSR count). The largest absolute Gasteiger partial charge is 0.368 e. The van der Waals surface area contributed by atoms with Gasteiger partial charge in [0.05, 0.1) is 6.61 Å². The number of pyridine rings is 1. The zero-order valence-electron chi connectivity index (χ0n) is 8.16. The highest BCUT2D eigenvalue weighted by molar-refractivity contribution is 5.31. The van der Waals surface area contributed by atoms with Crippen LogP contribution in [0.1, 0.15) is 17.4 Å². The highest BCUT2D eigenvalue weighted by Crippen LogP contribution is 2.31. The van der Waals surface area contributed by atoms with E-state index >= 15 is 0 Å². The quantitative estimate of drug-likeness (QED) is 0.662. The lowest BCUT2D eigenvalue weighted by Crippen LogP contribution is -2.01. The van der Waals surface area contributed by atoms with Crippen molar-refractivity contribution in [2.24, 2.45) is 0 Å². The van der Waals surface area contributed by atoms with Crippen LogP contribution in [0.3, 0.4) is 0 Å². The Morgan fingerprint density at radius 2 is 2.33 bits per heavy atom. The molecular formula is C9H9N5O. The Morgan fingerprint density at radius 1 is 1.47 bits per heavy atom. The van der Waals surface area contributed by atoms with Crippen LogP contribution in [0.2, 0.25) is 0 Å². The molecule has 1 aliphatic rings. The van der Waals surface area contributed by atoms with Gasteiger partial charge in [0.25, 0.3) is 0 Å². The summed E-state index contributed by atoms with van der Waals surface area (Å²) < 4.78 is 6.75. The van der Waals surface area contributed by atoms with Crippen LogP contribution in [-0.2, 0) is 4.74 Å². The monoisotopic (exact) mass is 203 g/mol. The smallest absolute Gasteiger partial charge is 0.157 e. The van der Waals surface area contributed by atoms with Crippen LogP contribution in [0.15, 0.2) is 18.5 Å². The molecule has 0 N–H and O–H groups in total. The van der Waals surface area contributed by atoms with Gasteiger partial charge in [-0.15, -0.1) is 5.10 Å². The molecular weight excluding hydrogens is 194 g/mol. The molecule has 0 spiro atoms. The van der Waals surface area contributed by atoms with Gasteiger partial charge in [0.2, 0.25) is 0 Å². The maximum Gasteiger partial charge on any atom is 0.157 e. The van der Waals surface area contributed by atoms with Gasteiger partial charge in [0.15, 0.2) is 5.82 Å². The number of hydrogen-bond acceptors (Lipinski definition) is 5. The van der Waals surface area contributed by atoms with Crippen LogP contribution in [0.5, 0.6) is 0 Å². The molecule has 0 bridgehead atoms. The van der Waals surface area contributed by atoms with Gasteiger partial charge in [0.1, 0.15) is 12.4 Å². The maximum absolute atomic E-state index is 5.22. The lowest BCUT2D eigenvalue weighted by Gasteiger charge is -2.03. The summed E-state index contributed by atoms with van der Waals surface area (Å²) in [4.78, 5) is 4.42. The minimum Gasteiger partial charge on any atom is -0.368 e. The molecule has 3 heterocycles. The van der Waals surface area contributed by atoms with Gasteiger partial charge in [-0.05, 0) is 23.4 Å². The minimum absolute atomic E-state index is 0.237. The predicted octanol–water partition coefficient (Wildman–Crippen LogP) is 0.437. The summed E-state index contributed by atoms with van der Waals surface area (Å²) in [5.41, 5.74) is 2.11. The number of hydrogen-bond donors (Lipinski definition) is 0. The fourth-order valence-electron chi connectivity index (χ4n) is 1.52. The van der Waals surface area contributed by atoms with Crippen molar-refractivity contribution in [3.8, 4) is 5.82 Å². The first-order valence-electron chi connectivity index (χ1n) is 4.67. The molecule has 1 saturated heterocycles. The average molecular weight is 203 g/mol. The first kappa shape index (κ1) is 8.49. The summed E-state index contributed by atoms with van der Waals surface area (Å²) in [5.74, 6) is 0.724. The molecule has 0 amide bonds. The standard InChI is InChI=1S/C9H9N5O/c1-6-7(8-4-15-8)2-3-9(11-6)14-5-10-12-13-14/h2-3,5,8H,4H2,1H3/t8-/m1/s1. The van der Waals surface area contributed by atoms with E-state index in [1.54, 1.807) is 0 Å². The van der Waals surface area contributed by atoms with Crippen molar-refractivity contribution < 1.29 is 4.74 Å². The van der Waals surface area contributed by atoms with E-state index in [4.69, 9.17) is 4.74 Å². The van der Waals surface area contributed by atoms with Crippen molar-refractivity contribution in [2.75, 3.05) is 6.61 Å². The number of tetrazole rings is 1. The molecule has 15 heavy (non-hydrogen) atoms. The van der Waals surface area contributed by atoms with Crippen LogP contribution in [0.25, 0.3) is 5.82 Å². The van der Waals surface area contributed by atoms with E-state index in [2.05, 4.69) is 20.5 Å². The van der Waals surface area contributed by atoms with Crippen LogP contribution in [0.4, 0.5) is 0 Å². The second-order valence-electron chi connectivity index (χ2n) is 3.42. The Bertz CT molecular complexity index is 477. The zero-order valence-corrected chi connectivity index (χ0v) is 8.16. The Labute approximate surface area is 85.9 Å². The van der Waals surface area contributed by atoms with Crippen LogP contribution in [0, 0.1) is 6.92 Å². The van der Waals surface area contributed by atoms with Gasteiger partial charge in [-0.1, -0.05) is 6.07 Å². The number of nitrogens with zero attached hydrogens (tertiary/aromatic N) is 5. The molecule has 0 unspecified atom stereocenters. The van der Waals surface area contributed by atoms with E-state index in [0.717, 1.165) is 23.7 Å². The molecule has 1 atom stereocenters. The normalized spacial score (nSPS) is 19.1. The predicted molar refractivity (Wildman–Crippen MR) is 50.4 cm³/mol. The molecule has 6 nitrogen and oxygen atoms in total. The topological polar surface area (TPSA) is 69.0 Å². The highest BCUT2D eigenvalue weighted by atomic mass is 16.6. The molecule has 2 aromatic heterocycles. The van der Waals surface area contributed by atoms with Crippen molar-refractivity contribution in [1.82, 2.24) is 25.2 Å². The van der Waals surface area contributed by atoms with Crippen molar-refractivity contribution in [3.05, 3.63) is 29.7 Å². The van der Waals surface area contributed by atoms with Gasteiger partial charge in [-0.25, -0.2) is 4.98 Å². The Morgan fingerprint density at radius 3 is 2.93 bits per heavy atom. The van der Waals surface area contributed by atoms with E-state index in [0.29, 0.717) is 0 Å². The average Bonchev–Trinajstić information content (AvgIpc) is 2.93. The molecule has 1 fully saturated rings. The third-order valence-electron chi connectivity index (χ3n) is 2.38. The Kier molecular flexibility index (Phi) is 1.75. The van der Waals surface area contributed by atoms with Crippen molar-refractivity contribution >= 4 is 0 Å². The van der Waals surface area contributed by atoms with Gasteiger partial charge < -0.3 is 4.74 Å². The second kappa shape index (κ2) is 3.09. The van der Waals surface area contributed by atoms with Gasteiger partial charge in [-0.2, -0.15) is 4.68 Å². The summed E-state index contributed by atoms with van der Waals surface area (Å²) in [6.07, 6.45) is 1.76. The summed E-state index contributed by atoms with van der Waals surface area (Å²) >= 11 is 0. The number of epoxide rings is 1. The van der Waals surface area contributed by atoms with Gasteiger partial charge in [-0.3, -0.25) is 0 Å². The number of aromatic nitrogens is 5. The molecule has 1 aliphatic heterocycles. The SMILES string of the molecule is Cc1nc(-n2cnnn2)ccc1[C@H]1CO1. The zero-order chi connectivity index (χ0) is 10.3.